The summed E-state index contributed by atoms with van der Waals surface area (Å²) in [6, 6.07) is 5.06. The van der Waals surface area contributed by atoms with Crippen molar-refractivity contribution < 1.29 is 19.8 Å². The highest BCUT2D eigenvalue weighted by Gasteiger charge is 2.44. The molecule has 20 heavy (non-hydrogen) atoms. The Hall–Kier alpha value is -2.04. The van der Waals surface area contributed by atoms with Crippen molar-refractivity contribution >= 4 is 11.9 Å². The lowest BCUT2D eigenvalue weighted by molar-refractivity contribution is -0.148. The van der Waals surface area contributed by atoms with E-state index in [9.17, 15) is 19.8 Å². The van der Waals surface area contributed by atoms with Crippen LogP contribution in [0.1, 0.15) is 37.0 Å². The molecular formula is C15H19NO4. The average Bonchev–Trinajstić information content (AvgIpc) is 2.36. The van der Waals surface area contributed by atoms with Gasteiger partial charge in [0.15, 0.2) is 0 Å². The van der Waals surface area contributed by atoms with Crippen molar-refractivity contribution in [2.75, 3.05) is 6.54 Å². The smallest absolute Gasteiger partial charge is 0.326 e. The first-order valence-electron chi connectivity index (χ1n) is 6.66. The fourth-order valence-electron chi connectivity index (χ4n) is 2.85. The van der Waals surface area contributed by atoms with Crippen LogP contribution in [-0.2, 0) is 4.79 Å². The zero-order valence-corrected chi connectivity index (χ0v) is 11.7. The number of carboxylic acids is 1. The van der Waals surface area contributed by atoms with Gasteiger partial charge in [-0.05, 0) is 42.5 Å². The van der Waals surface area contributed by atoms with Gasteiger partial charge >= 0.3 is 5.97 Å². The van der Waals surface area contributed by atoms with E-state index in [1.54, 1.807) is 0 Å². The number of phenols is 1. The van der Waals surface area contributed by atoms with Gasteiger partial charge in [-0.2, -0.15) is 0 Å². The van der Waals surface area contributed by atoms with Crippen molar-refractivity contribution in [3.05, 3.63) is 29.8 Å². The van der Waals surface area contributed by atoms with E-state index in [1.807, 2.05) is 13.8 Å². The molecule has 0 aliphatic carbocycles. The fraction of sp³-hybridized carbons (Fsp3) is 0.467. The van der Waals surface area contributed by atoms with Gasteiger partial charge in [-0.1, -0.05) is 13.8 Å². The number of benzene rings is 1. The molecule has 1 aliphatic heterocycles. The molecule has 1 aliphatic rings. The number of piperidine rings is 1. The molecule has 108 valence electrons. The van der Waals surface area contributed by atoms with Gasteiger partial charge in [0.05, 0.1) is 0 Å². The second kappa shape index (κ2) is 5.15. The van der Waals surface area contributed by atoms with Crippen molar-refractivity contribution in [3.63, 3.8) is 0 Å². The van der Waals surface area contributed by atoms with E-state index in [1.165, 1.54) is 29.2 Å². The van der Waals surface area contributed by atoms with Crippen LogP contribution in [0.4, 0.5) is 0 Å². The molecule has 1 unspecified atom stereocenters. The van der Waals surface area contributed by atoms with Gasteiger partial charge in [0.2, 0.25) is 0 Å². The Kier molecular flexibility index (Phi) is 3.70. The highest BCUT2D eigenvalue weighted by molar-refractivity contribution is 5.97. The lowest BCUT2D eigenvalue weighted by Gasteiger charge is -2.44. The van der Waals surface area contributed by atoms with Crippen molar-refractivity contribution in [1.29, 1.82) is 0 Å². The highest BCUT2D eigenvalue weighted by Crippen LogP contribution is 2.36. The Labute approximate surface area is 117 Å². The van der Waals surface area contributed by atoms with Gasteiger partial charge in [-0.15, -0.1) is 0 Å². The summed E-state index contributed by atoms with van der Waals surface area (Å²) in [7, 11) is 0. The number of hydrogen-bond acceptors (Lipinski definition) is 3. The summed E-state index contributed by atoms with van der Waals surface area (Å²) < 4.78 is 0. The van der Waals surface area contributed by atoms with Crippen LogP contribution in [0.5, 0.6) is 5.75 Å². The van der Waals surface area contributed by atoms with Crippen LogP contribution in [0.25, 0.3) is 0 Å². The number of hydrogen-bond donors (Lipinski definition) is 2. The van der Waals surface area contributed by atoms with E-state index in [0.717, 1.165) is 12.8 Å². The monoisotopic (exact) mass is 277 g/mol. The summed E-state index contributed by atoms with van der Waals surface area (Å²) in [4.78, 5) is 25.5. The van der Waals surface area contributed by atoms with Crippen LogP contribution in [0.2, 0.25) is 0 Å². The molecule has 1 atom stereocenters. The molecule has 2 rings (SSSR count). The standard InChI is InChI=1S/C15H19NO4/c1-15(2)8-3-9-16(12(15)14(19)20)13(18)10-4-6-11(17)7-5-10/h4-7,12,17H,3,8-9H2,1-2H3,(H,19,20). The third-order valence-corrected chi connectivity index (χ3v) is 3.88. The molecule has 0 spiro atoms. The maximum Gasteiger partial charge on any atom is 0.326 e. The molecule has 0 bridgehead atoms. The number of carbonyl (C=O) groups excluding carboxylic acids is 1. The zero-order valence-electron chi connectivity index (χ0n) is 11.7. The first-order valence-corrected chi connectivity index (χ1v) is 6.66. The topological polar surface area (TPSA) is 77.8 Å². The van der Waals surface area contributed by atoms with E-state index in [2.05, 4.69) is 0 Å². The predicted octanol–water partition coefficient (Wildman–Crippen LogP) is 2.11. The molecule has 1 aromatic carbocycles. The Bertz CT molecular complexity index is 521. The SMILES string of the molecule is CC1(C)CCCN(C(=O)c2ccc(O)cc2)C1C(=O)O. The van der Waals surface area contributed by atoms with Crippen molar-refractivity contribution in [3.8, 4) is 5.75 Å². The molecule has 5 heteroatoms. The van der Waals surface area contributed by atoms with Crippen LogP contribution in [0.15, 0.2) is 24.3 Å². The Balaban J connectivity index is 2.31. The number of rotatable bonds is 2. The van der Waals surface area contributed by atoms with Gasteiger partial charge < -0.3 is 15.1 Å². The summed E-state index contributed by atoms with van der Waals surface area (Å²) in [5.41, 5.74) is -0.0526. The number of likely N-dealkylation sites (tertiary alicyclic amines) is 1. The summed E-state index contributed by atoms with van der Waals surface area (Å²) in [5, 5.41) is 18.7. The number of aliphatic carboxylic acids is 1. The minimum atomic E-state index is -0.971. The second-order valence-electron chi connectivity index (χ2n) is 5.88. The number of carbonyl (C=O) groups is 2. The number of phenolic OH excluding ortho intramolecular Hbond substituents is 1. The molecule has 1 heterocycles. The van der Waals surface area contributed by atoms with Gasteiger partial charge in [-0.25, -0.2) is 4.79 Å². The van der Waals surface area contributed by atoms with Crippen LogP contribution >= 0.6 is 0 Å². The van der Waals surface area contributed by atoms with Gasteiger partial charge in [0.1, 0.15) is 11.8 Å². The van der Waals surface area contributed by atoms with Gasteiger partial charge in [-0.3, -0.25) is 4.79 Å². The summed E-state index contributed by atoms with van der Waals surface area (Å²) >= 11 is 0. The number of nitrogens with zero attached hydrogens (tertiary/aromatic N) is 1. The maximum absolute atomic E-state index is 12.5. The lowest BCUT2D eigenvalue weighted by Crippen LogP contribution is -2.56. The van der Waals surface area contributed by atoms with Crippen molar-refractivity contribution in [1.82, 2.24) is 4.90 Å². The summed E-state index contributed by atoms with van der Waals surface area (Å²) in [5.74, 6) is -1.19. The van der Waals surface area contributed by atoms with Crippen molar-refractivity contribution in [2.24, 2.45) is 5.41 Å². The molecule has 1 amide bonds. The van der Waals surface area contributed by atoms with E-state index in [0.29, 0.717) is 12.1 Å². The Morgan fingerprint density at radius 2 is 1.85 bits per heavy atom. The number of carboxylic acid groups (broad SMARTS) is 1. The van der Waals surface area contributed by atoms with E-state index in [4.69, 9.17) is 0 Å². The molecular weight excluding hydrogens is 258 g/mol. The largest absolute Gasteiger partial charge is 0.508 e. The van der Waals surface area contributed by atoms with E-state index >= 15 is 0 Å². The third kappa shape index (κ3) is 2.61. The molecule has 0 radical (unpaired) electrons. The quantitative estimate of drug-likeness (QED) is 0.868. The van der Waals surface area contributed by atoms with E-state index < -0.39 is 17.4 Å². The fourth-order valence-corrected chi connectivity index (χ4v) is 2.85. The minimum Gasteiger partial charge on any atom is -0.508 e. The molecule has 1 saturated heterocycles. The van der Waals surface area contributed by atoms with Crippen molar-refractivity contribution in [2.45, 2.75) is 32.7 Å². The van der Waals surface area contributed by atoms with Gasteiger partial charge in [0, 0.05) is 12.1 Å². The number of aromatic hydroxyl groups is 1. The molecule has 5 nitrogen and oxygen atoms in total. The van der Waals surface area contributed by atoms with Crippen LogP contribution in [0.3, 0.4) is 0 Å². The molecule has 2 N–H and O–H groups in total. The predicted molar refractivity (Wildman–Crippen MR) is 73.6 cm³/mol. The Morgan fingerprint density at radius 3 is 2.40 bits per heavy atom. The van der Waals surface area contributed by atoms with Crippen LogP contribution in [-0.4, -0.2) is 39.6 Å². The first-order chi connectivity index (χ1) is 9.33. The molecule has 1 aromatic rings. The summed E-state index contributed by atoms with van der Waals surface area (Å²) in [6.07, 6.45) is 1.57. The van der Waals surface area contributed by atoms with Crippen LogP contribution < -0.4 is 0 Å². The normalized spacial score (nSPS) is 21.5. The third-order valence-electron chi connectivity index (χ3n) is 3.88. The average molecular weight is 277 g/mol. The molecule has 1 fully saturated rings. The van der Waals surface area contributed by atoms with E-state index in [-0.39, 0.29) is 11.7 Å². The zero-order chi connectivity index (χ0) is 14.9. The maximum atomic E-state index is 12.5. The van der Waals surface area contributed by atoms with Crippen LogP contribution in [0, 0.1) is 5.41 Å². The molecule has 0 saturated carbocycles. The molecule has 0 aromatic heterocycles. The number of amides is 1. The minimum absolute atomic E-state index is 0.0790. The first kappa shape index (κ1) is 14.4. The second-order valence-corrected chi connectivity index (χ2v) is 5.88. The lowest BCUT2D eigenvalue weighted by atomic mass is 9.76. The summed E-state index contributed by atoms with van der Waals surface area (Å²) in [6.45, 7) is 4.20. The highest BCUT2D eigenvalue weighted by atomic mass is 16.4. The van der Waals surface area contributed by atoms with Gasteiger partial charge in [0.25, 0.3) is 5.91 Å². The Morgan fingerprint density at radius 1 is 1.25 bits per heavy atom.